The molecular formula is C27H27NO3. The molecule has 0 spiro atoms. The summed E-state index contributed by atoms with van der Waals surface area (Å²) in [6.07, 6.45) is -0.281. The second-order valence-electron chi connectivity index (χ2n) is 8.62. The molecule has 1 atom stereocenters. The molecule has 0 aromatic heterocycles. The molecule has 1 heterocycles. The first-order chi connectivity index (χ1) is 14.7. The van der Waals surface area contributed by atoms with Gasteiger partial charge < -0.3 is 10.0 Å². The van der Waals surface area contributed by atoms with Crippen molar-refractivity contribution in [3.05, 3.63) is 99.6 Å². The Bertz CT molecular complexity index is 1200. The lowest BCUT2D eigenvalue weighted by Gasteiger charge is -2.24. The van der Waals surface area contributed by atoms with Crippen molar-refractivity contribution in [3.63, 3.8) is 0 Å². The van der Waals surface area contributed by atoms with Gasteiger partial charge in [0.05, 0.1) is 18.7 Å². The van der Waals surface area contributed by atoms with E-state index in [1.54, 1.807) is 17.0 Å². The smallest absolute Gasteiger partial charge is 0.264 e. The molecule has 1 aliphatic rings. The maximum absolute atomic E-state index is 13.5. The molecule has 0 saturated carbocycles. The number of rotatable bonds is 5. The van der Waals surface area contributed by atoms with Crippen LogP contribution in [-0.4, -0.2) is 16.8 Å². The lowest BCUT2D eigenvalue weighted by molar-refractivity contribution is -0.136. The molecule has 1 amide bonds. The molecule has 31 heavy (non-hydrogen) atoms. The van der Waals surface area contributed by atoms with Crippen molar-refractivity contribution in [2.45, 2.75) is 46.3 Å². The van der Waals surface area contributed by atoms with Crippen LogP contribution in [0.3, 0.4) is 0 Å². The minimum absolute atomic E-state index is 0.236. The van der Waals surface area contributed by atoms with Crippen LogP contribution in [0.4, 0.5) is 5.69 Å². The van der Waals surface area contributed by atoms with Crippen molar-refractivity contribution in [3.8, 4) is 0 Å². The van der Waals surface area contributed by atoms with Crippen molar-refractivity contribution >= 4 is 17.4 Å². The topological polar surface area (TPSA) is 57.6 Å². The Morgan fingerprint density at radius 1 is 0.903 bits per heavy atom. The average Bonchev–Trinajstić information content (AvgIpc) is 2.94. The number of benzene rings is 3. The highest BCUT2D eigenvalue weighted by atomic mass is 16.3. The molecule has 0 fully saturated rings. The molecule has 1 N–H and O–H groups in total. The Hall–Kier alpha value is -3.24. The summed E-state index contributed by atoms with van der Waals surface area (Å²) in [7, 11) is 0. The number of ketones is 1. The first kappa shape index (κ1) is 21.0. The molecule has 4 nitrogen and oxygen atoms in total. The minimum atomic E-state index is -1.87. The fourth-order valence-corrected chi connectivity index (χ4v) is 4.34. The molecule has 3 aromatic carbocycles. The van der Waals surface area contributed by atoms with Crippen LogP contribution in [0.15, 0.2) is 60.7 Å². The van der Waals surface area contributed by atoms with Crippen LogP contribution in [0, 0.1) is 27.7 Å². The summed E-state index contributed by atoms with van der Waals surface area (Å²) in [5, 5.41) is 11.6. The first-order valence-electron chi connectivity index (χ1n) is 10.5. The molecule has 0 bridgehead atoms. The van der Waals surface area contributed by atoms with Crippen LogP contribution in [0.25, 0.3) is 0 Å². The number of nitrogens with zero attached hydrogens (tertiary/aromatic N) is 1. The normalized spacial score (nSPS) is 17.7. The second-order valence-corrected chi connectivity index (χ2v) is 8.62. The molecule has 1 aliphatic heterocycles. The molecule has 0 saturated heterocycles. The number of hydrogen-bond acceptors (Lipinski definition) is 3. The summed E-state index contributed by atoms with van der Waals surface area (Å²) in [4.78, 5) is 28.3. The average molecular weight is 414 g/mol. The standard InChI is InChI=1S/C27H27NO3/c1-17-9-11-19(3)21(13-17)16-28-24-8-6-5-7-23(24)27(31,26(28)30)15-25(29)22-14-18(2)10-12-20(22)4/h5-14,31H,15-16H2,1-4H3/t27-/m1/s1. The summed E-state index contributed by atoms with van der Waals surface area (Å²) < 4.78 is 0. The van der Waals surface area contributed by atoms with Crippen LogP contribution >= 0.6 is 0 Å². The number of anilines is 1. The van der Waals surface area contributed by atoms with Crippen molar-refractivity contribution in [1.82, 2.24) is 0 Å². The van der Waals surface area contributed by atoms with E-state index in [4.69, 9.17) is 0 Å². The maximum atomic E-state index is 13.5. The fraction of sp³-hybridized carbons (Fsp3) is 0.259. The quantitative estimate of drug-likeness (QED) is 0.604. The fourth-order valence-electron chi connectivity index (χ4n) is 4.34. The van der Waals surface area contributed by atoms with Crippen LogP contribution < -0.4 is 4.90 Å². The number of hydrogen-bond donors (Lipinski definition) is 1. The molecule has 158 valence electrons. The number of carbonyl (C=O) groups excluding carboxylic acids is 2. The van der Waals surface area contributed by atoms with Crippen molar-refractivity contribution < 1.29 is 14.7 Å². The zero-order valence-corrected chi connectivity index (χ0v) is 18.4. The van der Waals surface area contributed by atoms with Gasteiger partial charge in [0.2, 0.25) is 0 Å². The summed E-state index contributed by atoms with van der Waals surface area (Å²) in [5.74, 6) is -0.686. The Labute approximate surface area is 183 Å². The predicted molar refractivity (Wildman–Crippen MR) is 122 cm³/mol. The van der Waals surface area contributed by atoms with Crippen molar-refractivity contribution in [2.75, 3.05) is 4.90 Å². The van der Waals surface area contributed by atoms with E-state index in [9.17, 15) is 14.7 Å². The van der Waals surface area contributed by atoms with Crippen LogP contribution in [0.5, 0.6) is 0 Å². The van der Waals surface area contributed by atoms with E-state index in [2.05, 4.69) is 6.07 Å². The van der Waals surface area contributed by atoms with Gasteiger partial charge in [0.15, 0.2) is 11.4 Å². The number of aliphatic hydroxyl groups is 1. The van der Waals surface area contributed by atoms with Gasteiger partial charge in [-0.2, -0.15) is 0 Å². The van der Waals surface area contributed by atoms with Crippen LogP contribution in [-0.2, 0) is 16.9 Å². The number of aryl methyl sites for hydroxylation is 4. The zero-order valence-electron chi connectivity index (χ0n) is 18.4. The highest BCUT2D eigenvalue weighted by Crippen LogP contribution is 2.43. The first-order valence-corrected chi connectivity index (χ1v) is 10.5. The molecule has 0 radical (unpaired) electrons. The molecule has 0 aliphatic carbocycles. The summed E-state index contributed by atoms with van der Waals surface area (Å²) in [6.45, 7) is 8.17. The third-order valence-corrected chi connectivity index (χ3v) is 6.18. The summed E-state index contributed by atoms with van der Waals surface area (Å²) in [6, 6.07) is 19.0. The number of fused-ring (bicyclic) bond motifs is 1. The number of amides is 1. The number of carbonyl (C=O) groups is 2. The second kappa shape index (κ2) is 7.78. The van der Waals surface area contributed by atoms with Crippen molar-refractivity contribution in [1.29, 1.82) is 0 Å². The predicted octanol–water partition coefficient (Wildman–Crippen LogP) is 4.93. The van der Waals surface area contributed by atoms with Gasteiger partial charge in [0, 0.05) is 11.1 Å². The summed E-state index contributed by atoms with van der Waals surface area (Å²) >= 11 is 0. The molecular weight excluding hydrogens is 386 g/mol. The van der Waals surface area contributed by atoms with Gasteiger partial charge in [0.25, 0.3) is 5.91 Å². The molecule has 0 unspecified atom stereocenters. The molecule has 4 heteroatoms. The van der Waals surface area contributed by atoms with E-state index >= 15 is 0 Å². The molecule has 4 rings (SSSR count). The van der Waals surface area contributed by atoms with E-state index in [1.165, 1.54) is 0 Å². The van der Waals surface area contributed by atoms with Crippen LogP contribution in [0.1, 0.15) is 50.2 Å². The zero-order chi connectivity index (χ0) is 22.3. The van der Waals surface area contributed by atoms with Crippen LogP contribution in [0.2, 0.25) is 0 Å². The van der Waals surface area contributed by atoms with Gasteiger partial charge in [-0.05, 0) is 56.5 Å². The Morgan fingerprint density at radius 2 is 1.55 bits per heavy atom. The lowest BCUT2D eigenvalue weighted by atomic mass is 9.87. The van der Waals surface area contributed by atoms with Gasteiger partial charge in [-0.25, -0.2) is 0 Å². The Kier molecular flexibility index (Phi) is 5.28. The van der Waals surface area contributed by atoms with Crippen molar-refractivity contribution in [2.24, 2.45) is 0 Å². The number of Topliss-reactive ketones (excluding diaryl/α,β-unsaturated/α-hetero) is 1. The highest BCUT2D eigenvalue weighted by molar-refractivity contribution is 6.11. The highest BCUT2D eigenvalue weighted by Gasteiger charge is 2.50. The third-order valence-electron chi connectivity index (χ3n) is 6.18. The van der Waals surface area contributed by atoms with E-state index in [0.29, 0.717) is 23.4 Å². The van der Waals surface area contributed by atoms with Gasteiger partial charge in [0.1, 0.15) is 0 Å². The Morgan fingerprint density at radius 3 is 2.29 bits per heavy atom. The monoisotopic (exact) mass is 413 g/mol. The number of para-hydroxylation sites is 1. The molecule has 3 aromatic rings. The summed E-state index contributed by atoms with van der Waals surface area (Å²) in [5.41, 5.74) is 4.84. The van der Waals surface area contributed by atoms with E-state index in [1.807, 2.05) is 70.2 Å². The minimum Gasteiger partial charge on any atom is -0.375 e. The van der Waals surface area contributed by atoms with Gasteiger partial charge >= 0.3 is 0 Å². The Balaban J connectivity index is 1.72. The van der Waals surface area contributed by atoms with Gasteiger partial charge in [-0.1, -0.05) is 59.7 Å². The van der Waals surface area contributed by atoms with Gasteiger partial charge in [-0.3, -0.25) is 9.59 Å². The van der Waals surface area contributed by atoms with E-state index in [-0.39, 0.29) is 12.2 Å². The van der Waals surface area contributed by atoms with Gasteiger partial charge in [-0.15, -0.1) is 0 Å². The van der Waals surface area contributed by atoms with E-state index in [0.717, 1.165) is 27.8 Å². The lowest BCUT2D eigenvalue weighted by Crippen LogP contribution is -2.41. The maximum Gasteiger partial charge on any atom is 0.264 e. The largest absolute Gasteiger partial charge is 0.375 e. The SMILES string of the molecule is Cc1ccc(C)c(CN2C(=O)[C@@](O)(CC(=O)c3cc(C)ccc3C)c3ccccc32)c1. The third kappa shape index (κ3) is 3.68. The van der Waals surface area contributed by atoms with E-state index < -0.39 is 11.5 Å².